The van der Waals surface area contributed by atoms with Crippen LogP contribution in [0.1, 0.15) is 24.3 Å². The highest BCUT2D eigenvalue weighted by molar-refractivity contribution is 5.92. The van der Waals surface area contributed by atoms with Crippen LogP contribution in [0.2, 0.25) is 0 Å². The van der Waals surface area contributed by atoms with Crippen molar-refractivity contribution in [2.24, 2.45) is 7.05 Å². The third-order valence-electron chi connectivity index (χ3n) is 1.37. The Morgan fingerprint density at radius 3 is 2.75 bits per heavy atom. The zero-order valence-electron chi connectivity index (χ0n) is 7.53. The van der Waals surface area contributed by atoms with Crippen LogP contribution in [0.25, 0.3) is 0 Å². The Labute approximate surface area is 71.6 Å². The Morgan fingerprint density at radius 1 is 1.67 bits per heavy atom. The maximum Gasteiger partial charge on any atom is 0.271 e. The lowest BCUT2D eigenvalue weighted by Gasteiger charge is -2.04. The fraction of sp³-hybridized carbons (Fsp3) is 0.500. The summed E-state index contributed by atoms with van der Waals surface area (Å²) >= 11 is 0. The van der Waals surface area contributed by atoms with Crippen LogP contribution in [0, 0.1) is 0 Å². The van der Waals surface area contributed by atoms with Gasteiger partial charge >= 0.3 is 0 Å². The number of nitrogens with zero attached hydrogens (tertiary/aromatic N) is 2. The number of amides is 1. The summed E-state index contributed by atoms with van der Waals surface area (Å²) in [6.45, 7) is 3.84. The maximum absolute atomic E-state index is 11.3. The summed E-state index contributed by atoms with van der Waals surface area (Å²) in [5, 5.41) is 6.73. The van der Waals surface area contributed by atoms with Gasteiger partial charge in [-0.25, -0.2) is 0 Å². The maximum atomic E-state index is 11.3. The van der Waals surface area contributed by atoms with Crippen LogP contribution in [0.5, 0.6) is 0 Å². The van der Waals surface area contributed by atoms with Gasteiger partial charge in [0.25, 0.3) is 5.91 Å². The average Bonchev–Trinajstić information content (AvgIpc) is 2.34. The highest BCUT2D eigenvalue weighted by atomic mass is 16.2. The van der Waals surface area contributed by atoms with E-state index >= 15 is 0 Å². The van der Waals surface area contributed by atoms with E-state index in [1.165, 1.54) is 0 Å². The molecule has 1 heterocycles. The van der Waals surface area contributed by atoms with Crippen LogP contribution >= 0.6 is 0 Å². The largest absolute Gasteiger partial charge is 0.348 e. The van der Waals surface area contributed by atoms with Gasteiger partial charge in [0.15, 0.2) is 0 Å². The minimum Gasteiger partial charge on any atom is -0.348 e. The first-order chi connectivity index (χ1) is 5.59. The number of rotatable bonds is 2. The monoisotopic (exact) mass is 167 g/mol. The summed E-state index contributed by atoms with van der Waals surface area (Å²) in [5.74, 6) is -0.120. The Kier molecular flexibility index (Phi) is 2.47. The van der Waals surface area contributed by atoms with Gasteiger partial charge in [-0.05, 0) is 19.9 Å². The van der Waals surface area contributed by atoms with Gasteiger partial charge in [-0.2, -0.15) is 5.10 Å². The van der Waals surface area contributed by atoms with E-state index in [1.807, 2.05) is 13.8 Å². The predicted octanol–water partition coefficient (Wildman–Crippen LogP) is 0.558. The Bertz CT molecular complexity index is 278. The molecule has 0 spiro atoms. The van der Waals surface area contributed by atoms with Gasteiger partial charge < -0.3 is 5.32 Å². The molecule has 0 aromatic carbocycles. The minimum absolute atomic E-state index is 0.120. The van der Waals surface area contributed by atoms with Gasteiger partial charge in [0.05, 0.1) is 0 Å². The third kappa shape index (κ3) is 2.08. The van der Waals surface area contributed by atoms with Gasteiger partial charge in [-0.3, -0.25) is 9.48 Å². The summed E-state index contributed by atoms with van der Waals surface area (Å²) < 4.78 is 1.61. The second-order valence-corrected chi connectivity index (χ2v) is 3.00. The molecule has 1 amide bonds. The summed E-state index contributed by atoms with van der Waals surface area (Å²) in [6, 6.07) is 1.84. The van der Waals surface area contributed by atoms with E-state index < -0.39 is 0 Å². The molecule has 0 saturated heterocycles. The van der Waals surface area contributed by atoms with Crippen LogP contribution in [-0.4, -0.2) is 21.7 Å². The van der Waals surface area contributed by atoms with Crippen molar-refractivity contribution >= 4 is 5.91 Å². The Hall–Kier alpha value is -1.32. The van der Waals surface area contributed by atoms with Gasteiger partial charge in [-0.1, -0.05) is 0 Å². The van der Waals surface area contributed by atoms with Gasteiger partial charge in [0.2, 0.25) is 0 Å². The molecule has 1 aromatic heterocycles. The van der Waals surface area contributed by atoms with Gasteiger partial charge in [0.1, 0.15) is 5.69 Å². The smallest absolute Gasteiger partial charge is 0.271 e. The fourth-order valence-corrected chi connectivity index (χ4v) is 0.872. The van der Waals surface area contributed by atoms with E-state index in [1.54, 1.807) is 24.0 Å². The number of nitrogens with one attached hydrogen (secondary N) is 1. The minimum atomic E-state index is -0.120. The van der Waals surface area contributed by atoms with E-state index in [0.717, 1.165) is 0 Å². The normalized spacial score (nSPS) is 10.3. The molecule has 0 unspecified atom stereocenters. The SMILES string of the molecule is CC(C)NC(=O)c1ccn(C)n1. The van der Waals surface area contributed by atoms with E-state index in [2.05, 4.69) is 10.4 Å². The van der Waals surface area contributed by atoms with Crippen molar-refractivity contribution in [1.82, 2.24) is 15.1 Å². The number of aromatic nitrogens is 2. The number of hydrogen-bond acceptors (Lipinski definition) is 2. The lowest BCUT2D eigenvalue weighted by Crippen LogP contribution is -2.30. The van der Waals surface area contributed by atoms with Crippen molar-refractivity contribution in [3.05, 3.63) is 18.0 Å². The molecule has 1 N–H and O–H groups in total. The summed E-state index contributed by atoms with van der Waals surface area (Å²) in [4.78, 5) is 11.3. The summed E-state index contributed by atoms with van der Waals surface area (Å²) in [6.07, 6.45) is 1.75. The van der Waals surface area contributed by atoms with Crippen molar-refractivity contribution < 1.29 is 4.79 Å². The molecule has 0 bridgehead atoms. The second kappa shape index (κ2) is 3.38. The molecule has 0 fully saturated rings. The number of aryl methyl sites for hydroxylation is 1. The van der Waals surface area contributed by atoms with E-state index in [9.17, 15) is 4.79 Å². The van der Waals surface area contributed by atoms with E-state index in [0.29, 0.717) is 5.69 Å². The Morgan fingerprint density at radius 2 is 2.33 bits per heavy atom. The lowest BCUT2D eigenvalue weighted by atomic mass is 10.3. The predicted molar refractivity (Wildman–Crippen MR) is 45.8 cm³/mol. The highest BCUT2D eigenvalue weighted by Crippen LogP contribution is 1.94. The topological polar surface area (TPSA) is 46.9 Å². The molecule has 66 valence electrons. The van der Waals surface area contributed by atoms with Crippen molar-refractivity contribution in [3.63, 3.8) is 0 Å². The van der Waals surface area contributed by atoms with E-state index in [4.69, 9.17) is 0 Å². The lowest BCUT2D eigenvalue weighted by molar-refractivity contribution is 0.0937. The van der Waals surface area contributed by atoms with Crippen LogP contribution in [-0.2, 0) is 7.05 Å². The van der Waals surface area contributed by atoms with Crippen molar-refractivity contribution in [3.8, 4) is 0 Å². The van der Waals surface area contributed by atoms with Crippen molar-refractivity contribution in [1.29, 1.82) is 0 Å². The second-order valence-electron chi connectivity index (χ2n) is 3.00. The molecule has 12 heavy (non-hydrogen) atoms. The first-order valence-electron chi connectivity index (χ1n) is 3.90. The van der Waals surface area contributed by atoms with E-state index in [-0.39, 0.29) is 11.9 Å². The molecule has 0 aliphatic rings. The number of carbonyl (C=O) groups excluding carboxylic acids is 1. The van der Waals surface area contributed by atoms with Crippen LogP contribution in [0.3, 0.4) is 0 Å². The number of hydrogen-bond donors (Lipinski definition) is 1. The van der Waals surface area contributed by atoms with Gasteiger partial charge in [-0.15, -0.1) is 0 Å². The summed E-state index contributed by atoms with van der Waals surface area (Å²) in [5.41, 5.74) is 0.464. The molecular weight excluding hydrogens is 154 g/mol. The summed E-state index contributed by atoms with van der Waals surface area (Å²) in [7, 11) is 1.78. The zero-order valence-corrected chi connectivity index (χ0v) is 7.53. The molecule has 4 nitrogen and oxygen atoms in total. The molecular formula is C8H13N3O. The van der Waals surface area contributed by atoms with Crippen LogP contribution < -0.4 is 5.32 Å². The molecule has 1 rings (SSSR count). The fourth-order valence-electron chi connectivity index (χ4n) is 0.872. The van der Waals surface area contributed by atoms with Crippen molar-refractivity contribution in [2.45, 2.75) is 19.9 Å². The zero-order chi connectivity index (χ0) is 9.14. The molecule has 0 radical (unpaired) electrons. The first kappa shape index (κ1) is 8.77. The Balaban J connectivity index is 2.65. The average molecular weight is 167 g/mol. The number of carbonyl (C=O) groups is 1. The van der Waals surface area contributed by atoms with Crippen LogP contribution in [0.15, 0.2) is 12.3 Å². The highest BCUT2D eigenvalue weighted by Gasteiger charge is 2.08. The first-order valence-corrected chi connectivity index (χ1v) is 3.90. The molecule has 4 heteroatoms. The van der Waals surface area contributed by atoms with Crippen molar-refractivity contribution in [2.75, 3.05) is 0 Å². The standard InChI is InChI=1S/C8H13N3O/c1-6(2)9-8(12)7-4-5-11(3)10-7/h4-6H,1-3H3,(H,9,12). The third-order valence-corrected chi connectivity index (χ3v) is 1.37. The molecule has 0 aliphatic carbocycles. The quantitative estimate of drug-likeness (QED) is 0.699. The van der Waals surface area contributed by atoms with Gasteiger partial charge in [0, 0.05) is 19.3 Å². The molecule has 0 aliphatic heterocycles. The van der Waals surface area contributed by atoms with Crippen LogP contribution in [0.4, 0.5) is 0 Å². The molecule has 1 aromatic rings. The molecule has 0 saturated carbocycles. The molecule has 0 atom stereocenters.